The number of anilines is 1. The first kappa shape index (κ1) is 15.5. The molecule has 1 amide bonds. The lowest BCUT2D eigenvalue weighted by atomic mass is 10.2. The smallest absolute Gasteiger partial charge is 0.283 e. The van der Waals surface area contributed by atoms with Crippen molar-refractivity contribution in [3.63, 3.8) is 0 Å². The Morgan fingerprint density at radius 3 is 2.62 bits per heavy atom. The zero-order chi connectivity index (χ0) is 15.1. The molecule has 0 aromatic heterocycles. The van der Waals surface area contributed by atoms with Gasteiger partial charge in [-0.1, -0.05) is 48.6 Å². The van der Waals surface area contributed by atoms with Gasteiger partial charge in [0.15, 0.2) is 4.99 Å². The Kier molecular flexibility index (Phi) is 5.78. The van der Waals surface area contributed by atoms with Gasteiger partial charge in [-0.15, -0.1) is 11.8 Å². The normalized spacial score (nSPS) is 9.95. The molecule has 0 atom stereocenters. The molecule has 0 aliphatic carbocycles. The minimum absolute atomic E-state index is 0.188. The summed E-state index contributed by atoms with van der Waals surface area (Å²) in [6.45, 7) is 0.540. The number of thiocarbonyl (C=S) groups is 1. The molecular formula is C16H16N2OS2. The predicted octanol–water partition coefficient (Wildman–Crippen LogP) is 3.46. The van der Waals surface area contributed by atoms with Gasteiger partial charge in [-0.2, -0.15) is 0 Å². The number of thioether (sulfide) groups is 1. The van der Waals surface area contributed by atoms with Crippen LogP contribution >= 0.6 is 24.0 Å². The number of amides is 1. The van der Waals surface area contributed by atoms with Crippen LogP contribution in [-0.4, -0.2) is 17.2 Å². The van der Waals surface area contributed by atoms with Crippen LogP contribution in [0.4, 0.5) is 5.69 Å². The van der Waals surface area contributed by atoms with Crippen molar-refractivity contribution in [2.45, 2.75) is 11.4 Å². The highest BCUT2D eigenvalue weighted by atomic mass is 32.2. The van der Waals surface area contributed by atoms with E-state index >= 15 is 0 Å². The lowest BCUT2D eigenvalue weighted by Crippen LogP contribution is -2.33. The fraction of sp³-hybridized carbons (Fsp3) is 0.125. The number of carbonyl (C=O) groups is 1. The van der Waals surface area contributed by atoms with Gasteiger partial charge in [-0.3, -0.25) is 4.79 Å². The summed E-state index contributed by atoms with van der Waals surface area (Å²) in [4.78, 5) is 13.3. The van der Waals surface area contributed by atoms with Gasteiger partial charge in [-0.25, -0.2) is 0 Å². The fourth-order valence-corrected chi connectivity index (χ4v) is 2.33. The number of benzene rings is 2. The number of rotatable bonds is 4. The van der Waals surface area contributed by atoms with E-state index in [1.54, 1.807) is 11.8 Å². The Hall–Kier alpha value is -1.85. The molecule has 2 aromatic rings. The van der Waals surface area contributed by atoms with E-state index in [4.69, 9.17) is 12.2 Å². The van der Waals surface area contributed by atoms with Crippen molar-refractivity contribution in [3.05, 3.63) is 60.2 Å². The number of carbonyl (C=O) groups excluding carboxylic acids is 1. The second-order valence-electron chi connectivity index (χ2n) is 4.35. The number of hydrogen-bond donors (Lipinski definition) is 2. The highest BCUT2D eigenvalue weighted by Crippen LogP contribution is 2.18. The lowest BCUT2D eigenvalue weighted by molar-refractivity contribution is -0.110. The molecule has 0 aliphatic rings. The van der Waals surface area contributed by atoms with Crippen LogP contribution < -0.4 is 10.6 Å². The molecule has 0 radical (unpaired) electrons. The van der Waals surface area contributed by atoms with Crippen LogP contribution in [0, 0.1) is 0 Å². The van der Waals surface area contributed by atoms with E-state index in [1.807, 2.05) is 60.9 Å². The van der Waals surface area contributed by atoms with E-state index in [-0.39, 0.29) is 10.9 Å². The minimum atomic E-state index is -0.292. The average Bonchev–Trinajstić information content (AvgIpc) is 2.53. The van der Waals surface area contributed by atoms with Crippen molar-refractivity contribution in [3.8, 4) is 0 Å². The molecular weight excluding hydrogens is 300 g/mol. The molecule has 0 saturated heterocycles. The molecule has 21 heavy (non-hydrogen) atoms. The topological polar surface area (TPSA) is 41.1 Å². The molecule has 0 spiro atoms. The molecule has 0 saturated carbocycles. The van der Waals surface area contributed by atoms with Gasteiger partial charge < -0.3 is 10.6 Å². The predicted molar refractivity (Wildman–Crippen MR) is 92.7 cm³/mol. The lowest BCUT2D eigenvalue weighted by Gasteiger charge is -2.09. The monoisotopic (exact) mass is 316 g/mol. The third kappa shape index (κ3) is 4.88. The summed E-state index contributed by atoms with van der Waals surface area (Å²) in [5.74, 6) is -0.292. The molecule has 0 heterocycles. The SMILES string of the molecule is CSc1cccc(NC(=O)C(=S)NCc2ccccc2)c1. The van der Waals surface area contributed by atoms with Gasteiger partial charge in [0, 0.05) is 17.1 Å². The Balaban J connectivity index is 1.89. The van der Waals surface area contributed by atoms with E-state index in [9.17, 15) is 4.79 Å². The number of nitrogens with one attached hydrogen (secondary N) is 2. The first-order valence-electron chi connectivity index (χ1n) is 6.46. The molecule has 5 heteroatoms. The van der Waals surface area contributed by atoms with E-state index < -0.39 is 0 Å². The summed E-state index contributed by atoms with van der Waals surface area (Å²) in [5, 5.41) is 5.76. The van der Waals surface area contributed by atoms with Gasteiger partial charge in [0.2, 0.25) is 0 Å². The average molecular weight is 316 g/mol. The van der Waals surface area contributed by atoms with Crippen molar-refractivity contribution in [1.29, 1.82) is 0 Å². The summed E-state index contributed by atoms with van der Waals surface area (Å²) >= 11 is 6.73. The van der Waals surface area contributed by atoms with Crippen LogP contribution in [0.2, 0.25) is 0 Å². The summed E-state index contributed by atoms with van der Waals surface area (Å²) in [7, 11) is 0. The van der Waals surface area contributed by atoms with E-state index in [0.29, 0.717) is 6.54 Å². The second kappa shape index (κ2) is 7.81. The highest BCUT2D eigenvalue weighted by Gasteiger charge is 2.09. The van der Waals surface area contributed by atoms with E-state index in [1.165, 1.54) is 0 Å². The van der Waals surface area contributed by atoms with Crippen molar-refractivity contribution in [2.24, 2.45) is 0 Å². The van der Waals surface area contributed by atoms with Crippen molar-refractivity contribution < 1.29 is 4.79 Å². The maximum absolute atomic E-state index is 12.0. The second-order valence-corrected chi connectivity index (χ2v) is 5.64. The largest absolute Gasteiger partial charge is 0.368 e. The molecule has 0 fully saturated rings. The molecule has 0 bridgehead atoms. The van der Waals surface area contributed by atoms with Crippen LogP contribution in [0.3, 0.4) is 0 Å². The zero-order valence-electron chi connectivity index (χ0n) is 11.6. The minimum Gasteiger partial charge on any atom is -0.368 e. The van der Waals surface area contributed by atoms with Crippen molar-refractivity contribution in [2.75, 3.05) is 11.6 Å². The van der Waals surface area contributed by atoms with Gasteiger partial charge in [0.25, 0.3) is 5.91 Å². The van der Waals surface area contributed by atoms with Crippen LogP contribution in [0.25, 0.3) is 0 Å². The van der Waals surface area contributed by atoms with Crippen LogP contribution in [0.5, 0.6) is 0 Å². The quantitative estimate of drug-likeness (QED) is 0.669. The van der Waals surface area contributed by atoms with Gasteiger partial charge in [0.05, 0.1) is 0 Å². The van der Waals surface area contributed by atoms with Crippen molar-refractivity contribution >= 4 is 40.6 Å². The first-order chi connectivity index (χ1) is 10.2. The molecule has 2 aromatic carbocycles. The Bertz CT molecular complexity index is 629. The van der Waals surface area contributed by atoms with E-state index in [0.717, 1.165) is 16.1 Å². The summed E-state index contributed by atoms with van der Waals surface area (Å²) in [5.41, 5.74) is 1.83. The third-order valence-corrected chi connectivity index (χ3v) is 3.88. The van der Waals surface area contributed by atoms with Crippen LogP contribution in [0.1, 0.15) is 5.56 Å². The summed E-state index contributed by atoms with van der Waals surface area (Å²) < 4.78 is 0. The molecule has 2 N–H and O–H groups in total. The first-order valence-corrected chi connectivity index (χ1v) is 8.09. The zero-order valence-corrected chi connectivity index (χ0v) is 13.3. The highest BCUT2D eigenvalue weighted by molar-refractivity contribution is 7.98. The van der Waals surface area contributed by atoms with E-state index in [2.05, 4.69) is 10.6 Å². The maximum atomic E-state index is 12.0. The molecule has 0 aliphatic heterocycles. The standard InChI is InChI=1S/C16H16N2OS2/c1-21-14-9-5-8-13(10-14)18-15(19)16(20)17-11-12-6-3-2-4-7-12/h2-10H,11H2,1H3,(H,17,20)(H,18,19). The molecule has 0 unspecified atom stereocenters. The summed E-state index contributed by atoms with van der Waals surface area (Å²) in [6, 6.07) is 17.5. The maximum Gasteiger partial charge on any atom is 0.283 e. The van der Waals surface area contributed by atoms with Gasteiger partial charge in [0.1, 0.15) is 0 Å². The molecule has 2 rings (SSSR count). The Morgan fingerprint density at radius 1 is 1.14 bits per heavy atom. The number of hydrogen-bond acceptors (Lipinski definition) is 3. The Labute approximate surface area is 134 Å². The van der Waals surface area contributed by atoms with Crippen LogP contribution in [-0.2, 0) is 11.3 Å². The van der Waals surface area contributed by atoms with Crippen molar-refractivity contribution in [1.82, 2.24) is 5.32 Å². The fourth-order valence-electron chi connectivity index (χ4n) is 1.75. The Morgan fingerprint density at radius 2 is 1.90 bits per heavy atom. The van der Waals surface area contributed by atoms with Crippen LogP contribution in [0.15, 0.2) is 59.5 Å². The van der Waals surface area contributed by atoms with Gasteiger partial charge >= 0.3 is 0 Å². The molecule has 3 nitrogen and oxygen atoms in total. The summed E-state index contributed by atoms with van der Waals surface area (Å²) in [6.07, 6.45) is 1.99. The molecule has 108 valence electrons. The van der Waals surface area contributed by atoms with Gasteiger partial charge in [-0.05, 0) is 30.0 Å². The third-order valence-electron chi connectivity index (χ3n) is 2.83.